The number of halogens is 3. The highest BCUT2D eigenvalue weighted by Crippen LogP contribution is 2.15. The molecule has 0 aliphatic carbocycles. The van der Waals surface area contributed by atoms with Gasteiger partial charge in [0.15, 0.2) is 0 Å². The van der Waals surface area contributed by atoms with Gasteiger partial charge in [-0.15, -0.1) is 0 Å². The molecule has 0 spiro atoms. The van der Waals surface area contributed by atoms with E-state index in [1.807, 2.05) is 0 Å². The molecule has 2 aromatic carbocycles. The number of rotatable bonds is 9. The molecule has 6 nitrogen and oxygen atoms in total. The molecule has 1 amide bonds. The highest BCUT2D eigenvalue weighted by molar-refractivity contribution is 7.89. The molecule has 152 valence electrons. The highest BCUT2D eigenvalue weighted by Gasteiger charge is 2.21. The van der Waals surface area contributed by atoms with Crippen molar-refractivity contribution >= 4 is 15.9 Å². The summed E-state index contributed by atoms with van der Waals surface area (Å²) in [4.78, 5) is 11.9. The zero-order chi connectivity index (χ0) is 20.7. The van der Waals surface area contributed by atoms with E-state index in [-0.39, 0.29) is 17.2 Å². The number of carbonyl (C=O) groups is 1. The van der Waals surface area contributed by atoms with Crippen molar-refractivity contribution in [2.75, 3.05) is 6.54 Å². The van der Waals surface area contributed by atoms with Crippen LogP contribution >= 0.6 is 0 Å². The molecule has 0 aromatic heterocycles. The maximum absolute atomic E-state index is 12.9. The minimum atomic E-state index is -3.97. The van der Waals surface area contributed by atoms with E-state index in [2.05, 4.69) is 14.8 Å². The van der Waals surface area contributed by atoms with Crippen molar-refractivity contribution < 1.29 is 31.1 Å². The third kappa shape index (κ3) is 6.54. The third-order valence-electron chi connectivity index (χ3n) is 3.71. The van der Waals surface area contributed by atoms with Crippen molar-refractivity contribution in [1.29, 1.82) is 0 Å². The molecule has 10 heteroatoms. The second-order valence-electron chi connectivity index (χ2n) is 5.86. The molecule has 0 aliphatic rings. The SMILES string of the molecule is C[C@@H](NS(=O)(=O)c1ccc(F)cc1)C(=O)NCCc1ccc(OC(F)F)cc1. The average Bonchev–Trinajstić information content (AvgIpc) is 2.62. The van der Waals surface area contributed by atoms with Gasteiger partial charge >= 0.3 is 6.61 Å². The summed E-state index contributed by atoms with van der Waals surface area (Å²) in [6.45, 7) is -1.30. The van der Waals surface area contributed by atoms with Crippen molar-refractivity contribution in [3.8, 4) is 5.75 Å². The highest BCUT2D eigenvalue weighted by atomic mass is 32.2. The lowest BCUT2D eigenvalue weighted by molar-refractivity contribution is -0.122. The second-order valence-corrected chi connectivity index (χ2v) is 7.57. The van der Waals surface area contributed by atoms with E-state index in [1.54, 1.807) is 12.1 Å². The van der Waals surface area contributed by atoms with E-state index in [0.29, 0.717) is 6.42 Å². The number of hydrogen-bond donors (Lipinski definition) is 2. The van der Waals surface area contributed by atoms with Crippen LogP contribution in [0.5, 0.6) is 5.75 Å². The van der Waals surface area contributed by atoms with Crippen molar-refractivity contribution in [1.82, 2.24) is 10.0 Å². The van der Waals surface area contributed by atoms with Crippen molar-refractivity contribution in [2.45, 2.75) is 30.9 Å². The zero-order valence-electron chi connectivity index (χ0n) is 14.9. The predicted octanol–water partition coefficient (Wildman–Crippen LogP) is 2.45. The van der Waals surface area contributed by atoms with E-state index < -0.39 is 34.4 Å². The Morgan fingerprint density at radius 1 is 1.07 bits per heavy atom. The Balaban J connectivity index is 1.83. The van der Waals surface area contributed by atoms with Crippen LogP contribution in [-0.4, -0.2) is 33.5 Å². The second kappa shape index (κ2) is 9.56. The predicted molar refractivity (Wildman–Crippen MR) is 96.0 cm³/mol. The van der Waals surface area contributed by atoms with Gasteiger partial charge in [0.1, 0.15) is 11.6 Å². The van der Waals surface area contributed by atoms with Crippen molar-refractivity contribution in [3.63, 3.8) is 0 Å². The van der Waals surface area contributed by atoms with Gasteiger partial charge in [0.2, 0.25) is 15.9 Å². The maximum atomic E-state index is 12.9. The minimum absolute atomic E-state index is 0.0339. The molecule has 2 aromatic rings. The molecule has 28 heavy (non-hydrogen) atoms. The smallest absolute Gasteiger partial charge is 0.387 e. The van der Waals surface area contributed by atoms with Gasteiger partial charge in [-0.2, -0.15) is 13.5 Å². The van der Waals surface area contributed by atoms with Crippen LogP contribution in [0.1, 0.15) is 12.5 Å². The fourth-order valence-corrected chi connectivity index (χ4v) is 3.49. The van der Waals surface area contributed by atoms with Gasteiger partial charge in [-0.05, 0) is 55.3 Å². The lowest BCUT2D eigenvalue weighted by atomic mass is 10.1. The number of ether oxygens (including phenoxy) is 1. The van der Waals surface area contributed by atoms with Crippen molar-refractivity contribution in [2.24, 2.45) is 0 Å². The number of sulfonamides is 1. The van der Waals surface area contributed by atoms with Crippen molar-refractivity contribution in [3.05, 3.63) is 59.9 Å². The molecule has 2 N–H and O–H groups in total. The molecule has 0 saturated heterocycles. The summed E-state index contributed by atoms with van der Waals surface area (Å²) in [7, 11) is -3.97. The van der Waals surface area contributed by atoms with Gasteiger partial charge in [-0.25, -0.2) is 12.8 Å². The van der Waals surface area contributed by atoms with Gasteiger partial charge < -0.3 is 10.1 Å². The van der Waals surface area contributed by atoms with Crippen LogP contribution in [-0.2, 0) is 21.2 Å². The first-order valence-corrected chi connectivity index (χ1v) is 9.75. The quantitative estimate of drug-likeness (QED) is 0.658. The average molecular weight is 416 g/mol. The summed E-state index contributed by atoms with van der Waals surface area (Å²) >= 11 is 0. The van der Waals surface area contributed by atoms with E-state index >= 15 is 0 Å². The van der Waals surface area contributed by atoms with Crippen LogP contribution in [0.4, 0.5) is 13.2 Å². The van der Waals surface area contributed by atoms with Gasteiger partial charge in [0, 0.05) is 6.54 Å². The molecule has 0 fully saturated rings. The Morgan fingerprint density at radius 3 is 2.25 bits per heavy atom. The van der Waals surface area contributed by atoms with Gasteiger partial charge in [-0.1, -0.05) is 12.1 Å². The molecule has 0 aliphatic heterocycles. The molecule has 2 rings (SSSR count). The Kier molecular flexibility index (Phi) is 7.41. The fraction of sp³-hybridized carbons (Fsp3) is 0.278. The molecular weight excluding hydrogens is 397 g/mol. The summed E-state index contributed by atoms with van der Waals surface area (Å²) < 4.78 is 67.9. The summed E-state index contributed by atoms with van der Waals surface area (Å²) in [5, 5.41) is 2.58. The summed E-state index contributed by atoms with van der Waals surface area (Å²) in [5.41, 5.74) is 0.779. The number of nitrogens with one attached hydrogen (secondary N) is 2. The lowest BCUT2D eigenvalue weighted by Gasteiger charge is -2.14. The first-order valence-electron chi connectivity index (χ1n) is 8.27. The van der Waals surface area contributed by atoms with E-state index in [0.717, 1.165) is 29.8 Å². The molecular formula is C18H19F3N2O4S. The lowest BCUT2D eigenvalue weighted by Crippen LogP contribution is -2.45. The van der Waals surface area contributed by atoms with Crippen LogP contribution in [0.3, 0.4) is 0 Å². The van der Waals surface area contributed by atoms with Crippen LogP contribution < -0.4 is 14.8 Å². The fourth-order valence-electron chi connectivity index (χ4n) is 2.29. The summed E-state index contributed by atoms with van der Waals surface area (Å²) in [6.07, 6.45) is 0.415. The molecule has 0 saturated carbocycles. The van der Waals surface area contributed by atoms with Gasteiger partial charge in [0.25, 0.3) is 0 Å². The number of alkyl halides is 2. The number of hydrogen-bond acceptors (Lipinski definition) is 4. The maximum Gasteiger partial charge on any atom is 0.387 e. The van der Waals surface area contributed by atoms with E-state index in [4.69, 9.17) is 0 Å². The first kappa shape index (κ1) is 21.7. The third-order valence-corrected chi connectivity index (χ3v) is 5.27. The number of carbonyl (C=O) groups excluding carboxylic acids is 1. The van der Waals surface area contributed by atoms with Crippen LogP contribution in [0, 0.1) is 5.82 Å². The van der Waals surface area contributed by atoms with Crippen LogP contribution in [0.2, 0.25) is 0 Å². The first-order chi connectivity index (χ1) is 13.2. The largest absolute Gasteiger partial charge is 0.435 e. The zero-order valence-corrected chi connectivity index (χ0v) is 15.7. The molecule has 0 radical (unpaired) electrons. The Labute approximate surface area is 160 Å². The Morgan fingerprint density at radius 2 is 1.68 bits per heavy atom. The van der Waals surface area contributed by atoms with Gasteiger partial charge in [0.05, 0.1) is 10.9 Å². The monoisotopic (exact) mass is 416 g/mol. The van der Waals surface area contributed by atoms with Crippen LogP contribution in [0.15, 0.2) is 53.4 Å². The molecule has 0 bridgehead atoms. The molecule has 1 atom stereocenters. The summed E-state index contributed by atoms with van der Waals surface area (Å²) in [5.74, 6) is -1.08. The van der Waals surface area contributed by atoms with Gasteiger partial charge in [-0.3, -0.25) is 4.79 Å². The van der Waals surface area contributed by atoms with E-state index in [1.165, 1.54) is 19.1 Å². The van der Waals surface area contributed by atoms with E-state index in [9.17, 15) is 26.4 Å². The number of amides is 1. The molecule has 0 unspecified atom stereocenters. The Bertz CT molecular complexity index is 888. The summed E-state index contributed by atoms with van der Waals surface area (Å²) in [6, 6.07) is 9.14. The standard InChI is InChI=1S/C18H19F3N2O4S/c1-12(23-28(25,26)16-8-4-14(19)5-9-16)17(24)22-11-10-13-2-6-15(7-3-13)27-18(20)21/h2-9,12,18,23H,10-11H2,1H3,(H,22,24)/t12-/m1/s1. The normalized spacial score (nSPS) is 12.6. The van der Waals surface area contributed by atoms with Crippen LogP contribution in [0.25, 0.3) is 0 Å². The molecule has 0 heterocycles. The number of benzene rings is 2. The topological polar surface area (TPSA) is 84.5 Å². The minimum Gasteiger partial charge on any atom is -0.435 e. The Hall–Kier alpha value is -2.59.